The molecule has 0 aliphatic rings. The van der Waals surface area contributed by atoms with Crippen molar-refractivity contribution in [2.75, 3.05) is 5.32 Å². The third kappa shape index (κ3) is 3.97. The molecule has 31 heavy (non-hydrogen) atoms. The van der Waals surface area contributed by atoms with Crippen LogP contribution in [0.3, 0.4) is 0 Å². The molecule has 0 unspecified atom stereocenters. The molecule has 2 N–H and O–H groups in total. The quantitative estimate of drug-likeness (QED) is 0.494. The molecule has 0 aliphatic carbocycles. The molecular formula is C23H19N3O4S. The van der Waals surface area contributed by atoms with Gasteiger partial charge in [0.25, 0.3) is 11.5 Å². The molecule has 0 saturated heterocycles. The van der Waals surface area contributed by atoms with E-state index in [0.29, 0.717) is 32.9 Å². The lowest BCUT2D eigenvalue weighted by Gasteiger charge is -2.09. The topological polar surface area (TPSA) is 101 Å². The Bertz CT molecular complexity index is 1370. The molecule has 1 amide bonds. The van der Waals surface area contributed by atoms with E-state index < -0.39 is 11.9 Å². The first kappa shape index (κ1) is 20.5. The first-order valence-corrected chi connectivity index (χ1v) is 10.3. The van der Waals surface area contributed by atoms with Crippen molar-refractivity contribution in [1.82, 2.24) is 9.55 Å². The molecule has 2 aromatic heterocycles. The van der Waals surface area contributed by atoms with E-state index in [4.69, 9.17) is 0 Å². The Morgan fingerprint density at radius 3 is 2.58 bits per heavy atom. The number of fused-ring (bicyclic) bond motifs is 1. The van der Waals surface area contributed by atoms with E-state index in [2.05, 4.69) is 10.3 Å². The van der Waals surface area contributed by atoms with Gasteiger partial charge < -0.3 is 10.4 Å². The van der Waals surface area contributed by atoms with Crippen molar-refractivity contribution < 1.29 is 14.7 Å². The molecule has 0 saturated carbocycles. The normalized spacial score (nSPS) is 10.9. The van der Waals surface area contributed by atoms with Crippen molar-refractivity contribution >= 4 is 39.1 Å². The lowest BCUT2D eigenvalue weighted by atomic mass is 10.1. The van der Waals surface area contributed by atoms with Gasteiger partial charge in [0.05, 0.1) is 28.7 Å². The molecule has 0 atom stereocenters. The van der Waals surface area contributed by atoms with Crippen LogP contribution >= 0.6 is 11.3 Å². The van der Waals surface area contributed by atoms with Crippen molar-refractivity contribution in [3.05, 3.63) is 92.3 Å². The second kappa shape index (κ2) is 8.16. The number of anilines is 1. The predicted octanol–water partition coefficient (Wildman–Crippen LogP) is 4.07. The number of aromatic nitrogens is 2. The summed E-state index contributed by atoms with van der Waals surface area (Å²) in [6, 6.07) is 14.1. The molecule has 8 heteroatoms. The molecule has 7 nitrogen and oxygen atoms in total. The van der Waals surface area contributed by atoms with E-state index in [1.165, 1.54) is 23.0 Å². The van der Waals surface area contributed by atoms with Gasteiger partial charge in [-0.3, -0.25) is 14.2 Å². The summed E-state index contributed by atoms with van der Waals surface area (Å²) in [5.74, 6) is -1.48. The number of carbonyl (C=O) groups is 2. The summed E-state index contributed by atoms with van der Waals surface area (Å²) in [6.07, 6.45) is 1.50. The van der Waals surface area contributed by atoms with Gasteiger partial charge >= 0.3 is 5.97 Å². The number of aromatic carboxylic acids is 1. The summed E-state index contributed by atoms with van der Waals surface area (Å²) in [7, 11) is 0. The highest BCUT2D eigenvalue weighted by Gasteiger charge is 2.20. The number of carboxylic acids is 1. The SMILES string of the molecule is Cc1ccc(C(=O)O)cc1NC(=O)c1sc2ncn(Cc3ccccc3)c(=O)c2c1C. The van der Waals surface area contributed by atoms with E-state index >= 15 is 0 Å². The average molecular weight is 433 g/mol. The van der Waals surface area contributed by atoms with Crippen LogP contribution in [0.2, 0.25) is 0 Å². The summed E-state index contributed by atoms with van der Waals surface area (Å²) >= 11 is 1.14. The Morgan fingerprint density at radius 2 is 1.87 bits per heavy atom. The maximum absolute atomic E-state index is 13.1. The van der Waals surface area contributed by atoms with E-state index in [1.54, 1.807) is 19.9 Å². The summed E-state index contributed by atoms with van der Waals surface area (Å²) < 4.78 is 1.53. The molecule has 0 aliphatic heterocycles. The van der Waals surface area contributed by atoms with Crippen molar-refractivity contribution in [3.8, 4) is 0 Å². The molecule has 156 valence electrons. The zero-order valence-corrected chi connectivity index (χ0v) is 17.7. The van der Waals surface area contributed by atoms with Crippen LogP contribution in [0.15, 0.2) is 59.7 Å². The molecular weight excluding hydrogens is 414 g/mol. The molecule has 0 spiro atoms. The number of aryl methyl sites for hydroxylation is 2. The van der Waals surface area contributed by atoms with Crippen molar-refractivity contribution in [3.63, 3.8) is 0 Å². The molecule has 4 rings (SSSR count). The number of hydrogen-bond acceptors (Lipinski definition) is 5. The standard InChI is InChI=1S/C23H19N3O4S/c1-13-8-9-16(23(29)30)10-17(13)25-20(27)19-14(2)18-21(31-19)24-12-26(22(18)28)11-15-6-4-3-5-7-15/h3-10,12H,11H2,1-2H3,(H,25,27)(H,29,30). The monoisotopic (exact) mass is 433 g/mol. The smallest absolute Gasteiger partial charge is 0.335 e. The van der Waals surface area contributed by atoms with E-state index in [1.807, 2.05) is 30.3 Å². The second-order valence-corrected chi connectivity index (χ2v) is 8.19. The Hall–Kier alpha value is -3.78. The highest BCUT2D eigenvalue weighted by atomic mass is 32.1. The fourth-order valence-electron chi connectivity index (χ4n) is 3.34. The zero-order valence-electron chi connectivity index (χ0n) is 16.9. The minimum atomic E-state index is -1.07. The van der Waals surface area contributed by atoms with Crippen LogP contribution in [-0.4, -0.2) is 26.5 Å². The van der Waals surface area contributed by atoms with Gasteiger partial charge in [-0.2, -0.15) is 0 Å². The maximum Gasteiger partial charge on any atom is 0.335 e. The van der Waals surface area contributed by atoms with Crippen LogP contribution in [0.5, 0.6) is 0 Å². The first-order chi connectivity index (χ1) is 14.8. The van der Waals surface area contributed by atoms with Crippen LogP contribution in [0.4, 0.5) is 5.69 Å². The predicted molar refractivity (Wildman–Crippen MR) is 120 cm³/mol. The van der Waals surface area contributed by atoms with Gasteiger partial charge in [0, 0.05) is 5.69 Å². The van der Waals surface area contributed by atoms with Gasteiger partial charge in [0.2, 0.25) is 0 Å². The fourth-order valence-corrected chi connectivity index (χ4v) is 4.37. The molecule has 2 aromatic carbocycles. The summed E-state index contributed by atoms with van der Waals surface area (Å²) in [5.41, 5.74) is 2.57. The largest absolute Gasteiger partial charge is 0.478 e. The highest BCUT2D eigenvalue weighted by Crippen LogP contribution is 2.28. The number of nitrogens with zero attached hydrogens (tertiary/aromatic N) is 2. The molecule has 0 bridgehead atoms. The van der Waals surface area contributed by atoms with Gasteiger partial charge in [-0.25, -0.2) is 9.78 Å². The van der Waals surface area contributed by atoms with Crippen LogP contribution < -0.4 is 10.9 Å². The summed E-state index contributed by atoms with van der Waals surface area (Å²) in [6.45, 7) is 3.90. The third-order valence-electron chi connectivity index (χ3n) is 5.05. The molecule has 4 aromatic rings. The highest BCUT2D eigenvalue weighted by molar-refractivity contribution is 7.20. The number of hydrogen-bond donors (Lipinski definition) is 2. The Labute approximate surface area is 181 Å². The van der Waals surface area contributed by atoms with Crippen molar-refractivity contribution in [2.24, 2.45) is 0 Å². The number of nitrogens with one attached hydrogen (secondary N) is 1. The lowest BCUT2D eigenvalue weighted by Crippen LogP contribution is -2.21. The zero-order chi connectivity index (χ0) is 22.1. The Balaban J connectivity index is 1.69. The minimum Gasteiger partial charge on any atom is -0.478 e. The van der Waals surface area contributed by atoms with E-state index in [-0.39, 0.29) is 11.1 Å². The molecule has 2 heterocycles. The number of thiophene rings is 1. The fraction of sp³-hybridized carbons (Fsp3) is 0.130. The lowest BCUT2D eigenvalue weighted by molar-refractivity contribution is 0.0696. The molecule has 0 radical (unpaired) electrons. The third-order valence-corrected chi connectivity index (χ3v) is 6.25. The minimum absolute atomic E-state index is 0.0828. The van der Waals surface area contributed by atoms with Gasteiger partial charge in [-0.1, -0.05) is 36.4 Å². The molecule has 0 fully saturated rings. The van der Waals surface area contributed by atoms with Crippen LogP contribution in [-0.2, 0) is 6.54 Å². The Morgan fingerprint density at radius 1 is 1.13 bits per heavy atom. The van der Waals surface area contributed by atoms with Gasteiger partial charge in [-0.15, -0.1) is 11.3 Å². The number of amides is 1. The average Bonchev–Trinajstić information content (AvgIpc) is 3.09. The Kier molecular flexibility index (Phi) is 5.39. The van der Waals surface area contributed by atoms with Crippen LogP contribution in [0.1, 0.15) is 36.7 Å². The number of carbonyl (C=O) groups excluding carboxylic acids is 1. The van der Waals surface area contributed by atoms with Crippen LogP contribution in [0, 0.1) is 13.8 Å². The van der Waals surface area contributed by atoms with Gasteiger partial charge in [-0.05, 0) is 42.7 Å². The van der Waals surface area contributed by atoms with Gasteiger partial charge in [0.15, 0.2) is 0 Å². The van der Waals surface area contributed by atoms with Crippen molar-refractivity contribution in [2.45, 2.75) is 20.4 Å². The maximum atomic E-state index is 13.1. The number of benzene rings is 2. The summed E-state index contributed by atoms with van der Waals surface area (Å²) in [5, 5.41) is 12.4. The van der Waals surface area contributed by atoms with E-state index in [9.17, 15) is 19.5 Å². The first-order valence-electron chi connectivity index (χ1n) is 9.53. The second-order valence-electron chi connectivity index (χ2n) is 7.19. The number of carboxylic acid groups (broad SMARTS) is 1. The van der Waals surface area contributed by atoms with Crippen molar-refractivity contribution in [1.29, 1.82) is 0 Å². The van der Waals surface area contributed by atoms with Crippen LogP contribution in [0.25, 0.3) is 10.2 Å². The van der Waals surface area contributed by atoms with E-state index in [0.717, 1.165) is 22.5 Å². The van der Waals surface area contributed by atoms with Gasteiger partial charge in [0.1, 0.15) is 4.83 Å². The summed E-state index contributed by atoms with van der Waals surface area (Å²) in [4.78, 5) is 42.5. The number of rotatable bonds is 5.